The van der Waals surface area contributed by atoms with Gasteiger partial charge in [-0.3, -0.25) is 4.72 Å². The molecule has 5 nitrogen and oxygen atoms in total. The molecular weight excluding hydrogens is 351 g/mol. The van der Waals surface area contributed by atoms with Gasteiger partial charge >= 0.3 is 6.18 Å². The number of aromatic nitrogens is 3. The second-order valence-corrected chi connectivity index (χ2v) is 7.08. The quantitative estimate of drug-likeness (QED) is 0.524. The first-order valence-electron chi connectivity index (χ1n) is 8.55. The van der Waals surface area contributed by atoms with Crippen LogP contribution < -0.4 is 9.44 Å². The van der Waals surface area contributed by atoms with Crippen molar-refractivity contribution >= 4 is 23.3 Å². The fourth-order valence-electron chi connectivity index (χ4n) is 3.03. The number of nitrogens with zero attached hydrogens (tertiary/aromatic N) is 2. The average Bonchev–Trinajstić information content (AvgIpc) is 3.02. The summed E-state index contributed by atoms with van der Waals surface area (Å²) >= 11 is 1.55. The highest BCUT2D eigenvalue weighted by molar-refractivity contribution is 7.95. The maximum Gasteiger partial charge on any atom is 0.433 e. The molecule has 0 aliphatic heterocycles. The van der Waals surface area contributed by atoms with E-state index in [1.165, 1.54) is 6.07 Å². The van der Waals surface area contributed by atoms with Crippen LogP contribution in [0.5, 0.6) is 0 Å². The van der Waals surface area contributed by atoms with Crippen LogP contribution in [0.3, 0.4) is 0 Å². The van der Waals surface area contributed by atoms with E-state index in [1.54, 1.807) is 12.1 Å². The molecule has 1 aliphatic carbocycles. The highest BCUT2D eigenvalue weighted by atomic mass is 32.2. The monoisotopic (exact) mass is 373 g/mol. The molecule has 1 aliphatic rings. The van der Waals surface area contributed by atoms with Gasteiger partial charge in [-0.25, -0.2) is 14.7 Å². The zero-order chi connectivity index (χ0) is 17.9. The largest absolute Gasteiger partial charge is 0.433 e. The first-order chi connectivity index (χ1) is 12.0. The molecule has 1 saturated carbocycles. The van der Waals surface area contributed by atoms with Gasteiger partial charge in [0.1, 0.15) is 11.5 Å². The summed E-state index contributed by atoms with van der Waals surface area (Å²) in [5, 5.41) is 0. The SMILES string of the molecule is CCCNSNC1CCC(c2nc3nc(C(F)(F)F)ccc3[nH]2)CC1. The van der Waals surface area contributed by atoms with E-state index in [2.05, 4.69) is 31.3 Å². The van der Waals surface area contributed by atoms with Crippen molar-refractivity contribution in [1.29, 1.82) is 0 Å². The van der Waals surface area contributed by atoms with E-state index in [-0.39, 0.29) is 11.6 Å². The van der Waals surface area contributed by atoms with Crippen LogP contribution in [0.25, 0.3) is 11.2 Å². The van der Waals surface area contributed by atoms with Crippen molar-refractivity contribution in [3.05, 3.63) is 23.7 Å². The molecule has 0 amide bonds. The molecule has 1 fully saturated rings. The second-order valence-electron chi connectivity index (χ2n) is 6.35. The van der Waals surface area contributed by atoms with E-state index in [0.717, 1.165) is 50.5 Å². The number of hydrogen-bond acceptors (Lipinski definition) is 5. The van der Waals surface area contributed by atoms with Gasteiger partial charge in [0.05, 0.1) is 5.52 Å². The Morgan fingerprint density at radius 2 is 1.96 bits per heavy atom. The number of imidazole rings is 1. The van der Waals surface area contributed by atoms with Crippen LogP contribution in [-0.2, 0) is 6.18 Å². The molecule has 9 heteroatoms. The number of alkyl halides is 3. The van der Waals surface area contributed by atoms with Gasteiger partial charge in [0.15, 0.2) is 5.65 Å². The topological polar surface area (TPSA) is 65.6 Å². The van der Waals surface area contributed by atoms with Crippen LogP contribution in [0.2, 0.25) is 0 Å². The second kappa shape index (κ2) is 7.92. The van der Waals surface area contributed by atoms with E-state index in [1.807, 2.05) is 0 Å². The molecule has 2 aromatic heterocycles. The number of hydrogen-bond donors (Lipinski definition) is 3. The fourth-order valence-corrected chi connectivity index (χ4v) is 3.82. The minimum absolute atomic E-state index is 0.143. The fraction of sp³-hybridized carbons (Fsp3) is 0.625. The first-order valence-corrected chi connectivity index (χ1v) is 9.37. The van der Waals surface area contributed by atoms with E-state index < -0.39 is 11.9 Å². The van der Waals surface area contributed by atoms with Crippen molar-refractivity contribution in [2.24, 2.45) is 0 Å². The van der Waals surface area contributed by atoms with E-state index in [9.17, 15) is 13.2 Å². The van der Waals surface area contributed by atoms with E-state index >= 15 is 0 Å². The predicted octanol–water partition coefficient (Wildman–Crippen LogP) is 4.16. The van der Waals surface area contributed by atoms with Crippen LogP contribution in [0, 0.1) is 0 Å². The molecule has 0 saturated heterocycles. The van der Waals surface area contributed by atoms with Crippen LogP contribution in [0.1, 0.15) is 56.5 Å². The Kier molecular flexibility index (Phi) is 5.85. The number of nitrogens with one attached hydrogen (secondary N) is 3. The molecular formula is C16H22F3N5S. The van der Waals surface area contributed by atoms with Gasteiger partial charge in [0, 0.05) is 30.6 Å². The minimum Gasteiger partial charge on any atom is -0.340 e. The van der Waals surface area contributed by atoms with Gasteiger partial charge in [-0.2, -0.15) is 13.2 Å². The van der Waals surface area contributed by atoms with Crippen LogP contribution in [-0.4, -0.2) is 27.5 Å². The maximum atomic E-state index is 12.8. The molecule has 138 valence electrons. The summed E-state index contributed by atoms with van der Waals surface area (Å²) in [6.07, 6.45) is 0.599. The summed E-state index contributed by atoms with van der Waals surface area (Å²) in [4.78, 5) is 11.1. The molecule has 0 unspecified atom stereocenters. The summed E-state index contributed by atoms with van der Waals surface area (Å²) in [5.41, 5.74) is -0.200. The van der Waals surface area contributed by atoms with Gasteiger partial charge in [0.25, 0.3) is 0 Å². The lowest BCUT2D eigenvalue weighted by molar-refractivity contribution is -0.141. The lowest BCUT2D eigenvalue weighted by Gasteiger charge is -2.27. The highest BCUT2D eigenvalue weighted by Crippen LogP contribution is 2.33. The number of fused-ring (bicyclic) bond motifs is 1. The highest BCUT2D eigenvalue weighted by Gasteiger charge is 2.33. The van der Waals surface area contributed by atoms with Gasteiger partial charge < -0.3 is 4.98 Å². The molecule has 0 radical (unpaired) electrons. The number of halogens is 3. The molecule has 2 aromatic rings. The Hall–Kier alpha value is -1.32. The number of aromatic amines is 1. The average molecular weight is 373 g/mol. The minimum atomic E-state index is -4.44. The van der Waals surface area contributed by atoms with Crippen molar-refractivity contribution in [3.63, 3.8) is 0 Å². The molecule has 0 bridgehead atoms. The van der Waals surface area contributed by atoms with Crippen molar-refractivity contribution in [2.45, 2.75) is 57.2 Å². The Morgan fingerprint density at radius 1 is 1.20 bits per heavy atom. The summed E-state index contributed by atoms with van der Waals surface area (Å²) in [5.74, 6) is 0.993. The van der Waals surface area contributed by atoms with Crippen molar-refractivity contribution in [2.75, 3.05) is 6.54 Å². The smallest absolute Gasteiger partial charge is 0.340 e. The summed E-state index contributed by atoms with van der Waals surface area (Å²) in [6, 6.07) is 2.85. The Morgan fingerprint density at radius 3 is 2.64 bits per heavy atom. The van der Waals surface area contributed by atoms with Crippen molar-refractivity contribution in [1.82, 2.24) is 24.4 Å². The number of H-pyrrole nitrogens is 1. The molecule has 3 rings (SSSR count). The molecule has 0 atom stereocenters. The standard InChI is InChI=1S/C16H22F3N5S/c1-2-9-20-25-24-11-5-3-10(4-6-11)14-21-12-7-8-13(16(17,18)19)22-15(12)23-14/h7-8,10-11,20,24H,2-6,9H2,1H3,(H,21,22,23). The summed E-state index contributed by atoms with van der Waals surface area (Å²) < 4.78 is 44.9. The third kappa shape index (κ3) is 4.65. The lowest BCUT2D eigenvalue weighted by Crippen LogP contribution is -2.30. The summed E-state index contributed by atoms with van der Waals surface area (Å²) in [7, 11) is 0. The van der Waals surface area contributed by atoms with Crippen LogP contribution in [0.15, 0.2) is 12.1 Å². The Bertz CT molecular complexity index is 695. The van der Waals surface area contributed by atoms with Crippen molar-refractivity contribution < 1.29 is 13.2 Å². The zero-order valence-corrected chi connectivity index (χ0v) is 14.8. The predicted molar refractivity (Wildman–Crippen MR) is 92.9 cm³/mol. The normalized spacial score (nSPS) is 21.8. The van der Waals surface area contributed by atoms with E-state index in [0.29, 0.717) is 11.6 Å². The lowest BCUT2D eigenvalue weighted by atomic mass is 9.86. The van der Waals surface area contributed by atoms with Gasteiger partial charge in [-0.1, -0.05) is 6.92 Å². The van der Waals surface area contributed by atoms with Gasteiger partial charge in [-0.15, -0.1) is 0 Å². The van der Waals surface area contributed by atoms with E-state index in [4.69, 9.17) is 0 Å². The number of rotatable bonds is 6. The Labute approximate surface area is 148 Å². The van der Waals surface area contributed by atoms with Crippen molar-refractivity contribution in [3.8, 4) is 0 Å². The molecule has 2 heterocycles. The van der Waals surface area contributed by atoms with Gasteiger partial charge in [0.2, 0.25) is 0 Å². The molecule has 25 heavy (non-hydrogen) atoms. The van der Waals surface area contributed by atoms with Gasteiger partial charge in [-0.05, 0) is 44.2 Å². The Balaban J connectivity index is 1.60. The zero-order valence-electron chi connectivity index (χ0n) is 14.0. The third-order valence-corrected chi connectivity index (χ3v) is 5.22. The summed E-state index contributed by atoms with van der Waals surface area (Å²) in [6.45, 7) is 3.09. The molecule has 0 aromatic carbocycles. The van der Waals surface area contributed by atoms with Crippen LogP contribution >= 0.6 is 12.1 Å². The third-order valence-electron chi connectivity index (χ3n) is 4.42. The maximum absolute atomic E-state index is 12.8. The molecule has 3 N–H and O–H groups in total. The van der Waals surface area contributed by atoms with Crippen LogP contribution in [0.4, 0.5) is 13.2 Å². The first kappa shape index (κ1) is 18.5. The number of pyridine rings is 1. The molecule has 0 spiro atoms.